The molecule has 1 fully saturated rings. The molecule has 0 aliphatic carbocycles. The van der Waals surface area contributed by atoms with E-state index in [-0.39, 0.29) is 12.1 Å². The summed E-state index contributed by atoms with van der Waals surface area (Å²) >= 11 is 0. The summed E-state index contributed by atoms with van der Waals surface area (Å²) in [7, 11) is 3.77. The van der Waals surface area contributed by atoms with Crippen molar-refractivity contribution in [3.63, 3.8) is 0 Å². The van der Waals surface area contributed by atoms with Gasteiger partial charge in [0.05, 0.1) is 24.0 Å². The number of pyridine rings is 1. The number of ether oxygens (including phenoxy) is 1. The van der Waals surface area contributed by atoms with Gasteiger partial charge in [0, 0.05) is 33.4 Å². The Morgan fingerprint density at radius 1 is 1.33 bits per heavy atom. The third kappa shape index (κ3) is 2.59. The number of rotatable bonds is 4. The molecule has 4 heterocycles. The van der Waals surface area contributed by atoms with Crippen LogP contribution in [-0.2, 0) is 18.3 Å². The van der Waals surface area contributed by atoms with Gasteiger partial charge in [0.15, 0.2) is 0 Å². The van der Waals surface area contributed by atoms with E-state index in [2.05, 4.69) is 49.7 Å². The molecule has 0 aromatic carbocycles. The number of aryl methyl sites for hydroxylation is 2. The SMILES string of the molecule is CO[C@@H]1C[C@@H](c2nncn2C)N(Cc2cnc3ccc(C)cn23)C1. The number of hydrogen-bond donors (Lipinski definition) is 0. The van der Waals surface area contributed by atoms with E-state index in [0.29, 0.717) is 0 Å². The van der Waals surface area contributed by atoms with E-state index in [0.717, 1.165) is 31.0 Å². The maximum atomic E-state index is 5.61. The van der Waals surface area contributed by atoms with Gasteiger partial charge in [-0.1, -0.05) is 6.07 Å². The molecule has 1 aliphatic rings. The van der Waals surface area contributed by atoms with Crippen molar-refractivity contribution in [1.29, 1.82) is 0 Å². The zero-order valence-electron chi connectivity index (χ0n) is 14.3. The van der Waals surface area contributed by atoms with Crippen LogP contribution in [0.1, 0.15) is 29.5 Å². The van der Waals surface area contributed by atoms with E-state index >= 15 is 0 Å². The topological polar surface area (TPSA) is 60.5 Å². The normalized spacial score (nSPS) is 21.8. The summed E-state index contributed by atoms with van der Waals surface area (Å²) < 4.78 is 9.78. The first-order valence-corrected chi connectivity index (χ1v) is 8.19. The Balaban J connectivity index is 1.65. The van der Waals surface area contributed by atoms with Crippen molar-refractivity contribution in [2.75, 3.05) is 13.7 Å². The molecular formula is C17H22N6O. The summed E-state index contributed by atoms with van der Waals surface area (Å²) in [5.41, 5.74) is 3.38. The van der Waals surface area contributed by atoms with Crippen molar-refractivity contribution in [2.24, 2.45) is 7.05 Å². The molecule has 0 amide bonds. The highest BCUT2D eigenvalue weighted by Crippen LogP contribution is 2.33. The lowest BCUT2D eigenvalue weighted by molar-refractivity contribution is 0.107. The molecule has 24 heavy (non-hydrogen) atoms. The lowest BCUT2D eigenvalue weighted by atomic mass is 10.2. The third-order valence-electron chi connectivity index (χ3n) is 4.84. The molecule has 4 rings (SSSR count). The Kier molecular flexibility index (Phi) is 3.82. The predicted octanol–water partition coefficient (Wildman–Crippen LogP) is 1.73. The fourth-order valence-electron chi connectivity index (χ4n) is 3.53. The largest absolute Gasteiger partial charge is 0.380 e. The van der Waals surface area contributed by atoms with Crippen LogP contribution >= 0.6 is 0 Å². The molecule has 3 aromatic rings. The van der Waals surface area contributed by atoms with Gasteiger partial charge >= 0.3 is 0 Å². The standard InChI is InChI=1S/C17H22N6O/c1-12-4-5-16-18-7-13(23(16)8-12)9-22-10-14(24-3)6-15(22)17-20-19-11-21(17)2/h4-5,7-8,11,14-15H,6,9-10H2,1-3H3/t14-,15+/m1/s1. The number of hydrogen-bond acceptors (Lipinski definition) is 5. The molecule has 126 valence electrons. The van der Waals surface area contributed by atoms with E-state index in [9.17, 15) is 0 Å². The highest BCUT2D eigenvalue weighted by molar-refractivity contribution is 5.41. The maximum absolute atomic E-state index is 5.61. The minimum Gasteiger partial charge on any atom is -0.380 e. The summed E-state index contributed by atoms with van der Waals surface area (Å²) in [6.07, 6.45) is 7.00. The zero-order chi connectivity index (χ0) is 16.7. The van der Waals surface area contributed by atoms with Crippen molar-refractivity contribution in [2.45, 2.75) is 32.0 Å². The summed E-state index contributed by atoms with van der Waals surface area (Å²) in [4.78, 5) is 6.92. The Labute approximate surface area is 140 Å². The van der Waals surface area contributed by atoms with Crippen LogP contribution in [-0.4, -0.2) is 48.8 Å². The lowest BCUT2D eigenvalue weighted by Crippen LogP contribution is -2.26. The van der Waals surface area contributed by atoms with Crippen LogP contribution in [0.3, 0.4) is 0 Å². The number of methoxy groups -OCH3 is 1. The molecular weight excluding hydrogens is 304 g/mol. The molecule has 0 N–H and O–H groups in total. The quantitative estimate of drug-likeness (QED) is 0.731. The Hall–Kier alpha value is -2.25. The second-order valence-corrected chi connectivity index (χ2v) is 6.52. The number of fused-ring (bicyclic) bond motifs is 1. The first-order chi connectivity index (χ1) is 11.7. The molecule has 3 aromatic heterocycles. The van der Waals surface area contributed by atoms with Gasteiger partial charge in [-0.2, -0.15) is 0 Å². The maximum Gasteiger partial charge on any atom is 0.150 e. The summed E-state index contributed by atoms with van der Waals surface area (Å²) in [5, 5.41) is 8.35. The van der Waals surface area contributed by atoms with Crippen molar-refractivity contribution >= 4 is 5.65 Å². The van der Waals surface area contributed by atoms with Gasteiger partial charge in [-0.3, -0.25) is 4.90 Å². The predicted molar refractivity (Wildman–Crippen MR) is 89.5 cm³/mol. The minimum absolute atomic E-state index is 0.206. The van der Waals surface area contributed by atoms with Gasteiger partial charge in [0.2, 0.25) is 0 Å². The van der Waals surface area contributed by atoms with Crippen molar-refractivity contribution < 1.29 is 4.74 Å². The van der Waals surface area contributed by atoms with E-state index in [4.69, 9.17) is 4.74 Å². The van der Waals surface area contributed by atoms with Crippen molar-refractivity contribution in [3.8, 4) is 0 Å². The molecule has 0 saturated carbocycles. The van der Waals surface area contributed by atoms with Crippen molar-refractivity contribution in [3.05, 3.63) is 47.9 Å². The molecule has 0 unspecified atom stereocenters. The number of nitrogens with zero attached hydrogens (tertiary/aromatic N) is 6. The molecule has 1 saturated heterocycles. The van der Waals surface area contributed by atoms with Gasteiger partial charge < -0.3 is 13.7 Å². The van der Waals surface area contributed by atoms with Crippen LogP contribution in [0.2, 0.25) is 0 Å². The highest BCUT2D eigenvalue weighted by Gasteiger charge is 2.36. The van der Waals surface area contributed by atoms with Gasteiger partial charge in [0.25, 0.3) is 0 Å². The molecule has 1 aliphatic heterocycles. The molecule has 0 spiro atoms. The van der Waals surface area contributed by atoms with Crippen LogP contribution in [0.25, 0.3) is 5.65 Å². The van der Waals surface area contributed by atoms with E-state index in [1.807, 2.05) is 17.8 Å². The average molecular weight is 326 g/mol. The molecule has 7 heteroatoms. The lowest BCUT2D eigenvalue weighted by Gasteiger charge is -2.23. The minimum atomic E-state index is 0.206. The summed E-state index contributed by atoms with van der Waals surface area (Å²) in [5.74, 6) is 0.986. The smallest absolute Gasteiger partial charge is 0.150 e. The molecule has 0 radical (unpaired) electrons. The van der Waals surface area contributed by atoms with E-state index in [1.165, 1.54) is 11.3 Å². The van der Waals surface area contributed by atoms with Crippen LogP contribution in [0.5, 0.6) is 0 Å². The van der Waals surface area contributed by atoms with Gasteiger partial charge in [-0.15, -0.1) is 10.2 Å². The number of aromatic nitrogens is 5. The van der Waals surface area contributed by atoms with Crippen LogP contribution in [0, 0.1) is 6.92 Å². The van der Waals surface area contributed by atoms with Gasteiger partial charge in [0.1, 0.15) is 17.8 Å². The summed E-state index contributed by atoms with van der Waals surface area (Å²) in [6, 6.07) is 4.35. The van der Waals surface area contributed by atoms with Gasteiger partial charge in [-0.25, -0.2) is 4.98 Å². The number of likely N-dealkylation sites (tertiary alicyclic amines) is 1. The Morgan fingerprint density at radius 2 is 2.21 bits per heavy atom. The van der Waals surface area contributed by atoms with Crippen molar-refractivity contribution in [1.82, 2.24) is 29.0 Å². The first kappa shape index (κ1) is 15.3. The van der Waals surface area contributed by atoms with E-state index < -0.39 is 0 Å². The van der Waals surface area contributed by atoms with E-state index in [1.54, 1.807) is 13.4 Å². The Bertz CT molecular complexity index is 854. The second-order valence-electron chi connectivity index (χ2n) is 6.52. The highest BCUT2D eigenvalue weighted by atomic mass is 16.5. The van der Waals surface area contributed by atoms with Crippen LogP contribution in [0.4, 0.5) is 0 Å². The fourth-order valence-corrected chi connectivity index (χ4v) is 3.53. The first-order valence-electron chi connectivity index (χ1n) is 8.19. The monoisotopic (exact) mass is 326 g/mol. The number of imidazole rings is 1. The Morgan fingerprint density at radius 3 is 2.96 bits per heavy atom. The molecule has 0 bridgehead atoms. The zero-order valence-corrected chi connectivity index (χ0v) is 14.3. The molecule has 2 atom stereocenters. The summed E-state index contributed by atoms with van der Waals surface area (Å²) in [6.45, 7) is 3.79. The second kappa shape index (κ2) is 5.99. The van der Waals surface area contributed by atoms with Crippen LogP contribution in [0.15, 0.2) is 30.9 Å². The average Bonchev–Trinajstić information content (AvgIpc) is 3.27. The van der Waals surface area contributed by atoms with Crippen LogP contribution < -0.4 is 0 Å². The third-order valence-corrected chi connectivity index (χ3v) is 4.84. The van der Waals surface area contributed by atoms with Gasteiger partial charge in [-0.05, 0) is 25.0 Å². The molecule has 7 nitrogen and oxygen atoms in total. The fraction of sp³-hybridized carbons (Fsp3) is 0.471.